The molecule has 0 aliphatic carbocycles. The molecule has 0 aromatic heterocycles. The van der Waals surface area contributed by atoms with E-state index in [0.717, 1.165) is 25.9 Å². The van der Waals surface area contributed by atoms with Gasteiger partial charge in [-0.3, -0.25) is 0 Å². The van der Waals surface area contributed by atoms with Gasteiger partial charge in [0, 0.05) is 18.8 Å². The normalized spacial score (nSPS) is 21.8. The lowest BCUT2D eigenvalue weighted by Gasteiger charge is -2.34. The molecule has 0 saturated carbocycles. The second kappa shape index (κ2) is 6.40. The van der Waals surface area contributed by atoms with E-state index in [2.05, 4.69) is 28.9 Å². The predicted octanol–water partition coefficient (Wildman–Crippen LogP) is 2.07. The summed E-state index contributed by atoms with van der Waals surface area (Å²) in [6, 6.07) is 8.70. The summed E-state index contributed by atoms with van der Waals surface area (Å²) in [6.07, 6.45) is 2.26. The van der Waals surface area contributed by atoms with E-state index < -0.39 is 0 Å². The molecular weight excluding hydrogens is 252 g/mol. The lowest BCUT2D eigenvalue weighted by molar-refractivity contribution is 0.217. The van der Waals surface area contributed by atoms with Crippen molar-refractivity contribution in [1.82, 2.24) is 10.6 Å². The molecule has 1 atom stereocenters. The molecule has 1 aromatic carbocycles. The van der Waals surface area contributed by atoms with Crippen LogP contribution in [-0.4, -0.2) is 25.7 Å². The summed E-state index contributed by atoms with van der Waals surface area (Å²) >= 11 is 0. The van der Waals surface area contributed by atoms with Crippen molar-refractivity contribution in [2.24, 2.45) is 5.41 Å². The Morgan fingerprint density at radius 1 is 1.55 bits per heavy atom. The molecular formula is C15H20N4O. The highest BCUT2D eigenvalue weighted by Gasteiger charge is 2.26. The topological polar surface area (TPSA) is 77.0 Å². The number of anilines is 1. The molecule has 20 heavy (non-hydrogen) atoms. The molecule has 1 unspecified atom stereocenters. The van der Waals surface area contributed by atoms with Crippen molar-refractivity contribution in [3.63, 3.8) is 0 Å². The molecule has 106 valence electrons. The first-order valence-corrected chi connectivity index (χ1v) is 6.87. The fourth-order valence-electron chi connectivity index (χ4n) is 2.41. The average Bonchev–Trinajstić information content (AvgIpc) is 2.46. The van der Waals surface area contributed by atoms with Crippen LogP contribution in [0, 0.1) is 16.7 Å². The number of rotatable bonds is 3. The Bertz CT molecular complexity index is 515. The molecule has 1 aliphatic heterocycles. The minimum Gasteiger partial charge on any atom is -0.337 e. The van der Waals surface area contributed by atoms with Gasteiger partial charge >= 0.3 is 6.03 Å². The SMILES string of the molecule is CC1(CNC(=O)Nc2cccc(C#N)c2)CCCNC1. The molecule has 5 heteroatoms. The Morgan fingerprint density at radius 2 is 2.40 bits per heavy atom. The number of nitrogens with one attached hydrogen (secondary N) is 3. The third-order valence-corrected chi connectivity index (χ3v) is 3.61. The van der Waals surface area contributed by atoms with E-state index in [1.54, 1.807) is 24.3 Å². The molecule has 1 saturated heterocycles. The summed E-state index contributed by atoms with van der Waals surface area (Å²) in [4.78, 5) is 11.9. The fraction of sp³-hybridized carbons (Fsp3) is 0.467. The number of urea groups is 1. The van der Waals surface area contributed by atoms with Crippen LogP contribution in [0.5, 0.6) is 0 Å². The molecule has 1 fully saturated rings. The van der Waals surface area contributed by atoms with Gasteiger partial charge in [0.05, 0.1) is 11.6 Å². The number of carbonyl (C=O) groups is 1. The number of hydrogen-bond donors (Lipinski definition) is 3. The highest BCUT2D eigenvalue weighted by atomic mass is 16.2. The van der Waals surface area contributed by atoms with Crippen LogP contribution in [0.1, 0.15) is 25.3 Å². The molecule has 0 radical (unpaired) electrons. The average molecular weight is 272 g/mol. The van der Waals surface area contributed by atoms with E-state index in [0.29, 0.717) is 17.8 Å². The zero-order valence-corrected chi connectivity index (χ0v) is 11.7. The maximum Gasteiger partial charge on any atom is 0.319 e. The first-order chi connectivity index (χ1) is 9.61. The van der Waals surface area contributed by atoms with Gasteiger partial charge in [0.15, 0.2) is 0 Å². The molecule has 1 aromatic rings. The first-order valence-electron chi connectivity index (χ1n) is 6.87. The number of carbonyl (C=O) groups excluding carboxylic acids is 1. The lowest BCUT2D eigenvalue weighted by atomic mass is 9.83. The maximum atomic E-state index is 11.9. The van der Waals surface area contributed by atoms with Crippen LogP contribution >= 0.6 is 0 Å². The van der Waals surface area contributed by atoms with Crippen molar-refractivity contribution in [2.45, 2.75) is 19.8 Å². The van der Waals surface area contributed by atoms with Gasteiger partial charge in [0.25, 0.3) is 0 Å². The lowest BCUT2D eigenvalue weighted by Crippen LogP contribution is -2.46. The van der Waals surface area contributed by atoms with Gasteiger partial charge in [-0.2, -0.15) is 5.26 Å². The van der Waals surface area contributed by atoms with E-state index in [1.165, 1.54) is 0 Å². The summed E-state index contributed by atoms with van der Waals surface area (Å²) in [6.45, 7) is 4.81. The van der Waals surface area contributed by atoms with Crippen molar-refractivity contribution >= 4 is 11.7 Å². The zero-order valence-electron chi connectivity index (χ0n) is 11.7. The summed E-state index contributed by atoms with van der Waals surface area (Å²) < 4.78 is 0. The standard InChI is InChI=1S/C15H20N4O/c1-15(6-3-7-17-10-15)11-18-14(20)19-13-5-2-4-12(8-13)9-16/h2,4-5,8,17H,3,6-7,10-11H2,1H3,(H2,18,19,20). The number of piperidine rings is 1. The van der Waals surface area contributed by atoms with Crippen LogP contribution in [0.3, 0.4) is 0 Å². The van der Waals surface area contributed by atoms with Gasteiger partial charge < -0.3 is 16.0 Å². The van der Waals surface area contributed by atoms with Gasteiger partial charge in [-0.05, 0) is 43.0 Å². The van der Waals surface area contributed by atoms with E-state index in [4.69, 9.17) is 5.26 Å². The molecule has 2 rings (SSSR count). The summed E-state index contributed by atoms with van der Waals surface area (Å²) in [5.41, 5.74) is 1.28. The van der Waals surface area contributed by atoms with Crippen molar-refractivity contribution in [3.05, 3.63) is 29.8 Å². The first kappa shape index (κ1) is 14.4. The minimum atomic E-state index is -0.230. The van der Waals surface area contributed by atoms with Crippen LogP contribution in [-0.2, 0) is 0 Å². The highest BCUT2D eigenvalue weighted by molar-refractivity contribution is 5.89. The zero-order chi connectivity index (χ0) is 14.4. The van der Waals surface area contributed by atoms with Crippen LogP contribution < -0.4 is 16.0 Å². The van der Waals surface area contributed by atoms with Crippen LogP contribution in [0.2, 0.25) is 0 Å². The third kappa shape index (κ3) is 3.97. The summed E-state index contributed by atoms with van der Waals surface area (Å²) in [7, 11) is 0. The van der Waals surface area contributed by atoms with Crippen LogP contribution in [0.25, 0.3) is 0 Å². The van der Waals surface area contributed by atoms with Gasteiger partial charge in [-0.25, -0.2) is 4.79 Å². The third-order valence-electron chi connectivity index (χ3n) is 3.61. The van der Waals surface area contributed by atoms with Crippen LogP contribution in [0.4, 0.5) is 10.5 Å². The monoisotopic (exact) mass is 272 g/mol. The minimum absolute atomic E-state index is 0.115. The molecule has 1 aliphatic rings. The number of hydrogen-bond acceptors (Lipinski definition) is 3. The fourth-order valence-corrected chi connectivity index (χ4v) is 2.41. The number of nitrogens with zero attached hydrogens (tertiary/aromatic N) is 1. The van der Waals surface area contributed by atoms with E-state index in [9.17, 15) is 4.79 Å². The Labute approximate surface area is 119 Å². The van der Waals surface area contributed by atoms with E-state index in [-0.39, 0.29) is 11.4 Å². The highest BCUT2D eigenvalue weighted by Crippen LogP contribution is 2.24. The van der Waals surface area contributed by atoms with Crippen molar-refractivity contribution < 1.29 is 4.79 Å². The molecule has 0 bridgehead atoms. The maximum absolute atomic E-state index is 11.9. The number of amides is 2. The Balaban J connectivity index is 1.84. The van der Waals surface area contributed by atoms with Gasteiger partial charge in [-0.15, -0.1) is 0 Å². The van der Waals surface area contributed by atoms with Gasteiger partial charge in [0.1, 0.15) is 0 Å². The number of nitriles is 1. The summed E-state index contributed by atoms with van der Waals surface area (Å²) in [5.74, 6) is 0. The Hall–Kier alpha value is -2.06. The van der Waals surface area contributed by atoms with E-state index in [1.807, 2.05) is 0 Å². The van der Waals surface area contributed by atoms with Gasteiger partial charge in [0.2, 0.25) is 0 Å². The Kier molecular flexibility index (Phi) is 4.59. The van der Waals surface area contributed by atoms with Crippen molar-refractivity contribution in [2.75, 3.05) is 25.0 Å². The van der Waals surface area contributed by atoms with Gasteiger partial charge in [-0.1, -0.05) is 13.0 Å². The smallest absolute Gasteiger partial charge is 0.319 e. The molecule has 1 heterocycles. The quantitative estimate of drug-likeness (QED) is 0.788. The molecule has 3 N–H and O–H groups in total. The van der Waals surface area contributed by atoms with Crippen molar-refractivity contribution in [3.8, 4) is 6.07 Å². The van der Waals surface area contributed by atoms with E-state index >= 15 is 0 Å². The Morgan fingerprint density at radius 3 is 3.10 bits per heavy atom. The number of benzene rings is 1. The van der Waals surface area contributed by atoms with Crippen molar-refractivity contribution in [1.29, 1.82) is 5.26 Å². The largest absolute Gasteiger partial charge is 0.337 e. The summed E-state index contributed by atoms with van der Waals surface area (Å²) in [5, 5.41) is 17.8. The van der Waals surface area contributed by atoms with Crippen LogP contribution in [0.15, 0.2) is 24.3 Å². The predicted molar refractivity (Wildman–Crippen MR) is 78.4 cm³/mol. The molecule has 5 nitrogen and oxygen atoms in total. The second-order valence-electron chi connectivity index (χ2n) is 5.59. The molecule has 0 spiro atoms. The molecule has 2 amide bonds. The second-order valence-corrected chi connectivity index (χ2v) is 5.59.